The highest BCUT2D eigenvalue weighted by atomic mass is 14.2. The molecular formula is C46H30. The predicted molar refractivity (Wildman–Crippen MR) is 198 cm³/mol. The predicted octanol–water partition coefficient (Wildman–Crippen LogP) is 13.0. The molecule has 0 fully saturated rings. The quantitative estimate of drug-likeness (QED) is 0.178. The van der Waals surface area contributed by atoms with Gasteiger partial charge in [0.05, 0.1) is 17.8 Å². The molecule has 0 heterocycles. The molecule has 0 bridgehead atoms. The maximum absolute atomic E-state index is 9.37. The Morgan fingerprint density at radius 3 is 1.57 bits per heavy atom. The van der Waals surface area contributed by atoms with Gasteiger partial charge in [-0.05, 0) is 93.7 Å². The van der Waals surface area contributed by atoms with Crippen molar-refractivity contribution in [2.75, 3.05) is 0 Å². The Hall–Kier alpha value is -5.98. The minimum atomic E-state index is -0.709. The van der Waals surface area contributed by atoms with Crippen molar-refractivity contribution in [2.24, 2.45) is 0 Å². The van der Waals surface area contributed by atoms with Gasteiger partial charge in [0.25, 0.3) is 0 Å². The highest BCUT2D eigenvalue weighted by Gasteiger charge is 2.19. The van der Waals surface area contributed by atoms with Crippen molar-refractivity contribution in [1.82, 2.24) is 0 Å². The maximum atomic E-state index is 9.37. The van der Waals surface area contributed by atoms with Crippen LogP contribution in [0.1, 0.15) is 17.8 Å². The Morgan fingerprint density at radius 2 is 0.870 bits per heavy atom. The molecule has 0 heteroatoms. The Balaban J connectivity index is 1.46. The van der Waals surface area contributed by atoms with Gasteiger partial charge in [-0.15, -0.1) is 0 Å². The van der Waals surface area contributed by atoms with E-state index in [-0.39, 0.29) is 32.7 Å². The monoisotopic (exact) mass is 595 g/mol. The summed E-state index contributed by atoms with van der Waals surface area (Å²) in [5.41, 5.74) is 3.63. The first-order valence-corrected chi connectivity index (χ1v) is 14.9. The SMILES string of the molecule is [2H]c1c([2H])c([2H])c(-c2c3c([2H])c([2H])c([2H])c([2H])c3c(-c3ccc(-c4ccc5cccc(-c6ccccc6)c5c4)c4ccccc34)c3c([2H])c([2H])c([2H])c([2H])c23)c([2H])c1[2H]. The average Bonchev–Trinajstić information content (AvgIpc) is 3.26. The smallest absolute Gasteiger partial charge is 0.0622 e. The standard InChI is InChI=1S/C46H30/c1-3-14-31(15-4-1)35-25-13-18-32-26-27-34(30-44(32)35)36-28-29-43(38-20-8-7-19-37(36)38)46-41-23-11-9-21-39(41)45(33-16-5-2-6-17-33)40-22-10-12-24-42(40)46/h1-30H/i2D,5D,6D,9D,10D,11D,12D,16D,17D,21D,22D,23D,24D. The zero-order chi connectivity index (χ0) is 41.8. The van der Waals surface area contributed by atoms with Crippen molar-refractivity contribution >= 4 is 43.1 Å². The molecule has 0 amide bonds. The second kappa shape index (κ2) is 10.9. The van der Waals surface area contributed by atoms with E-state index in [9.17, 15) is 5.48 Å². The van der Waals surface area contributed by atoms with Crippen LogP contribution in [0, 0.1) is 0 Å². The van der Waals surface area contributed by atoms with Gasteiger partial charge < -0.3 is 0 Å². The summed E-state index contributed by atoms with van der Waals surface area (Å²) in [4.78, 5) is 0. The number of fused-ring (bicyclic) bond motifs is 4. The van der Waals surface area contributed by atoms with Crippen LogP contribution in [-0.4, -0.2) is 0 Å². The molecule has 0 spiro atoms. The van der Waals surface area contributed by atoms with E-state index in [1.165, 1.54) is 0 Å². The number of hydrogen-bond acceptors (Lipinski definition) is 0. The highest BCUT2D eigenvalue weighted by molar-refractivity contribution is 6.24. The fourth-order valence-electron chi connectivity index (χ4n) is 6.60. The van der Waals surface area contributed by atoms with Gasteiger partial charge in [0.15, 0.2) is 0 Å². The normalized spacial score (nSPS) is 15.4. The summed E-state index contributed by atoms with van der Waals surface area (Å²) >= 11 is 0. The fraction of sp³-hybridized carbons (Fsp3) is 0. The molecule has 0 radical (unpaired) electrons. The van der Waals surface area contributed by atoms with Crippen LogP contribution in [0.2, 0.25) is 0 Å². The van der Waals surface area contributed by atoms with E-state index < -0.39 is 84.1 Å². The van der Waals surface area contributed by atoms with E-state index in [1.807, 2.05) is 60.7 Å². The lowest BCUT2D eigenvalue weighted by atomic mass is 9.83. The number of hydrogen-bond donors (Lipinski definition) is 0. The maximum Gasteiger partial charge on any atom is 0.0629 e. The molecule has 9 aromatic rings. The van der Waals surface area contributed by atoms with Crippen LogP contribution in [0.15, 0.2) is 182 Å². The van der Waals surface area contributed by atoms with Crippen LogP contribution in [-0.2, 0) is 0 Å². The van der Waals surface area contributed by atoms with E-state index in [0.29, 0.717) is 10.9 Å². The van der Waals surface area contributed by atoms with Crippen molar-refractivity contribution < 1.29 is 17.8 Å². The molecular weight excluding hydrogens is 553 g/mol. The van der Waals surface area contributed by atoms with E-state index >= 15 is 0 Å². The molecule has 0 aliphatic carbocycles. The van der Waals surface area contributed by atoms with Gasteiger partial charge in [-0.25, -0.2) is 0 Å². The molecule has 9 aromatic carbocycles. The summed E-state index contributed by atoms with van der Waals surface area (Å²) in [5, 5.41) is 2.76. The minimum absolute atomic E-state index is 0.0951. The lowest BCUT2D eigenvalue weighted by molar-refractivity contribution is 1.64. The summed E-state index contributed by atoms with van der Waals surface area (Å²) < 4.78 is 116. The third-order valence-corrected chi connectivity index (χ3v) is 8.60. The van der Waals surface area contributed by atoms with Gasteiger partial charge in [-0.3, -0.25) is 0 Å². The van der Waals surface area contributed by atoms with Crippen molar-refractivity contribution in [2.45, 2.75) is 0 Å². The lowest BCUT2D eigenvalue weighted by Crippen LogP contribution is -1.92. The molecule has 214 valence electrons. The molecule has 0 aliphatic heterocycles. The second-order valence-corrected chi connectivity index (χ2v) is 11.1. The van der Waals surface area contributed by atoms with E-state index in [1.54, 1.807) is 6.07 Å². The number of benzene rings is 9. The summed E-state index contributed by atoms with van der Waals surface area (Å²) in [5.74, 6) is 0. The molecule has 9 rings (SSSR count). The van der Waals surface area contributed by atoms with Gasteiger partial charge in [-0.1, -0.05) is 176 Å². The van der Waals surface area contributed by atoms with E-state index in [0.717, 1.165) is 38.4 Å². The lowest BCUT2D eigenvalue weighted by Gasteiger charge is -2.19. The molecule has 46 heavy (non-hydrogen) atoms. The first-order chi connectivity index (χ1) is 28.2. The molecule has 0 atom stereocenters. The molecule has 0 aromatic heterocycles. The highest BCUT2D eigenvalue weighted by Crippen LogP contribution is 2.46. The van der Waals surface area contributed by atoms with Gasteiger partial charge in [-0.2, -0.15) is 0 Å². The molecule has 0 unspecified atom stereocenters. The summed E-state index contributed by atoms with van der Waals surface area (Å²) in [6.45, 7) is 0. The minimum Gasteiger partial charge on any atom is -0.0622 e. The van der Waals surface area contributed by atoms with Crippen LogP contribution in [0.5, 0.6) is 0 Å². The van der Waals surface area contributed by atoms with Gasteiger partial charge in [0, 0.05) is 0 Å². The van der Waals surface area contributed by atoms with Crippen LogP contribution in [0.4, 0.5) is 0 Å². The average molecular weight is 596 g/mol. The summed E-state index contributed by atoms with van der Waals surface area (Å²) in [7, 11) is 0. The number of rotatable bonds is 4. The van der Waals surface area contributed by atoms with Gasteiger partial charge >= 0.3 is 0 Å². The Morgan fingerprint density at radius 1 is 0.304 bits per heavy atom. The van der Waals surface area contributed by atoms with Gasteiger partial charge in [0.2, 0.25) is 0 Å². The van der Waals surface area contributed by atoms with Gasteiger partial charge in [0.1, 0.15) is 0 Å². The topological polar surface area (TPSA) is 0 Å². The Kier molecular flexibility index (Phi) is 3.87. The summed E-state index contributed by atoms with van der Waals surface area (Å²) in [6.07, 6.45) is 0. The van der Waals surface area contributed by atoms with Crippen LogP contribution in [0.3, 0.4) is 0 Å². The van der Waals surface area contributed by atoms with E-state index in [2.05, 4.69) is 36.4 Å². The van der Waals surface area contributed by atoms with Crippen LogP contribution < -0.4 is 0 Å². The van der Waals surface area contributed by atoms with Crippen LogP contribution >= 0.6 is 0 Å². The Bertz CT molecular complexity index is 3190. The third-order valence-electron chi connectivity index (χ3n) is 8.60. The molecule has 0 nitrogen and oxygen atoms in total. The molecule has 0 saturated carbocycles. The molecule has 0 aliphatic rings. The zero-order valence-electron chi connectivity index (χ0n) is 37.3. The first-order valence-electron chi connectivity index (χ1n) is 21.4. The molecule has 0 saturated heterocycles. The van der Waals surface area contributed by atoms with Crippen molar-refractivity contribution in [3.8, 4) is 44.5 Å². The first kappa shape index (κ1) is 16.4. The van der Waals surface area contributed by atoms with Crippen LogP contribution in [0.25, 0.3) is 87.6 Å². The summed E-state index contributed by atoms with van der Waals surface area (Å²) in [6, 6.07) is 25.4. The third kappa shape index (κ3) is 4.23. The Labute approximate surface area is 287 Å². The van der Waals surface area contributed by atoms with E-state index in [4.69, 9.17) is 12.3 Å². The zero-order valence-corrected chi connectivity index (χ0v) is 24.3. The fourth-order valence-corrected chi connectivity index (χ4v) is 6.60. The van der Waals surface area contributed by atoms with Crippen molar-refractivity contribution in [3.05, 3.63) is 182 Å². The van der Waals surface area contributed by atoms with Crippen molar-refractivity contribution in [1.29, 1.82) is 0 Å². The largest absolute Gasteiger partial charge is 0.0629 e. The molecule has 0 N–H and O–H groups in total. The van der Waals surface area contributed by atoms with Crippen molar-refractivity contribution in [3.63, 3.8) is 0 Å². The second-order valence-electron chi connectivity index (χ2n) is 11.1.